The zero-order valence-corrected chi connectivity index (χ0v) is 22.2. The Bertz CT molecular complexity index is 1530. The Labute approximate surface area is 222 Å². The summed E-state index contributed by atoms with van der Waals surface area (Å²) in [6.07, 6.45) is 1.84. The van der Waals surface area contributed by atoms with Crippen LogP contribution in [0.5, 0.6) is 11.5 Å². The number of hydrogen-bond acceptors (Lipinski definition) is 5. The molecule has 1 amide bonds. The summed E-state index contributed by atoms with van der Waals surface area (Å²) in [5, 5.41) is 5.73. The van der Waals surface area contributed by atoms with Crippen molar-refractivity contribution in [2.24, 2.45) is 4.99 Å². The van der Waals surface area contributed by atoms with Crippen LogP contribution in [0.4, 0.5) is 5.69 Å². The molecule has 0 unspecified atom stereocenters. The molecule has 4 aromatic rings. The van der Waals surface area contributed by atoms with E-state index >= 15 is 0 Å². The summed E-state index contributed by atoms with van der Waals surface area (Å²) in [7, 11) is 1.60. The molecule has 5 nitrogen and oxygen atoms in total. The van der Waals surface area contributed by atoms with E-state index in [1.165, 1.54) is 22.5 Å². The third-order valence-electron chi connectivity index (χ3n) is 5.72. The number of thioether (sulfide) groups is 1. The van der Waals surface area contributed by atoms with Crippen molar-refractivity contribution < 1.29 is 14.3 Å². The number of nitrogens with zero attached hydrogens (tertiary/aromatic N) is 1. The van der Waals surface area contributed by atoms with Gasteiger partial charge in [-0.2, -0.15) is 0 Å². The molecular formula is C29H23BrN2O3S. The Kier molecular flexibility index (Phi) is 7.11. The zero-order chi connectivity index (χ0) is 25.1. The molecule has 180 valence electrons. The fraction of sp³-hybridized carbons (Fsp3) is 0.103. The molecule has 1 aliphatic rings. The molecule has 0 aliphatic carbocycles. The van der Waals surface area contributed by atoms with E-state index in [9.17, 15) is 4.79 Å². The van der Waals surface area contributed by atoms with Crippen molar-refractivity contribution in [2.45, 2.75) is 13.5 Å². The molecule has 0 spiro atoms. The fourth-order valence-corrected chi connectivity index (χ4v) is 5.27. The van der Waals surface area contributed by atoms with Crippen molar-refractivity contribution in [3.8, 4) is 11.5 Å². The molecule has 36 heavy (non-hydrogen) atoms. The summed E-state index contributed by atoms with van der Waals surface area (Å²) >= 11 is 4.91. The number of ether oxygens (including phenoxy) is 2. The van der Waals surface area contributed by atoms with Gasteiger partial charge >= 0.3 is 0 Å². The van der Waals surface area contributed by atoms with Crippen molar-refractivity contribution in [1.29, 1.82) is 0 Å². The average Bonchev–Trinajstić information content (AvgIpc) is 3.21. The predicted octanol–water partition coefficient (Wildman–Crippen LogP) is 7.39. The van der Waals surface area contributed by atoms with E-state index in [1.54, 1.807) is 7.11 Å². The standard InChI is InChI=1S/C29H23BrN2O3S/c1-18-10-12-26(34-2)24(14-18)31-29-32-28(33)27(36-29)16-19-11-13-25(23(30)15-19)35-17-21-8-5-7-20-6-3-4-9-22(20)21/h3-16H,17H2,1-2H3,(H,31,32,33)/b27-16-. The van der Waals surface area contributed by atoms with Gasteiger partial charge in [-0.3, -0.25) is 4.79 Å². The lowest BCUT2D eigenvalue weighted by atomic mass is 10.1. The summed E-state index contributed by atoms with van der Waals surface area (Å²) in [4.78, 5) is 17.7. The number of rotatable bonds is 6. The lowest BCUT2D eigenvalue weighted by Crippen LogP contribution is -2.19. The summed E-state index contributed by atoms with van der Waals surface area (Å²) in [5.74, 6) is 1.21. The van der Waals surface area contributed by atoms with Crippen LogP contribution in [0.3, 0.4) is 0 Å². The Morgan fingerprint density at radius 2 is 1.81 bits per heavy atom. The van der Waals surface area contributed by atoms with Gasteiger partial charge in [-0.1, -0.05) is 54.6 Å². The van der Waals surface area contributed by atoms with Crippen molar-refractivity contribution >= 4 is 61.3 Å². The summed E-state index contributed by atoms with van der Waals surface area (Å²) in [6.45, 7) is 2.45. The minimum atomic E-state index is -0.183. The van der Waals surface area contributed by atoms with Crippen molar-refractivity contribution in [3.63, 3.8) is 0 Å². The first kappa shape index (κ1) is 24.2. The Morgan fingerprint density at radius 3 is 2.64 bits per heavy atom. The Balaban J connectivity index is 1.31. The molecule has 0 saturated carbocycles. The molecule has 0 bridgehead atoms. The highest BCUT2D eigenvalue weighted by Crippen LogP contribution is 2.34. The number of halogens is 1. The monoisotopic (exact) mass is 558 g/mol. The quantitative estimate of drug-likeness (QED) is 0.250. The molecule has 0 radical (unpaired) electrons. The number of amidine groups is 1. The summed E-state index contributed by atoms with van der Waals surface area (Å²) < 4.78 is 12.3. The van der Waals surface area contributed by atoms with E-state index < -0.39 is 0 Å². The van der Waals surface area contributed by atoms with Gasteiger partial charge in [0.2, 0.25) is 0 Å². The summed E-state index contributed by atoms with van der Waals surface area (Å²) in [6, 6.07) is 26.0. The third-order valence-corrected chi connectivity index (χ3v) is 7.25. The minimum Gasteiger partial charge on any atom is -0.494 e. The second-order valence-corrected chi connectivity index (χ2v) is 10.2. The number of carbonyl (C=O) groups is 1. The number of carbonyl (C=O) groups excluding carboxylic acids is 1. The maximum atomic E-state index is 12.6. The third kappa shape index (κ3) is 5.32. The molecule has 0 atom stereocenters. The van der Waals surface area contributed by atoms with Gasteiger partial charge in [0, 0.05) is 0 Å². The van der Waals surface area contributed by atoms with Crippen LogP contribution in [-0.2, 0) is 11.4 Å². The molecule has 4 aromatic carbocycles. The number of nitrogens with one attached hydrogen (secondary N) is 1. The topological polar surface area (TPSA) is 59.9 Å². The van der Waals surface area contributed by atoms with Crippen LogP contribution in [0.25, 0.3) is 16.8 Å². The van der Waals surface area contributed by atoms with Crippen molar-refractivity contribution in [1.82, 2.24) is 5.32 Å². The van der Waals surface area contributed by atoms with E-state index in [0.717, 1.165) is 26.9 Å². The Hall–Kier alpha value is -3.55. The van der Waals surface area contributed by atoms with Gasteiger partial charge in [-0.25, -0.2) is 4.99 Å². The first-order valence-corrected chi connectivity index (χ1v) is 12.9. The number of benzene rings is 4. The molecule has 1 N–H and O–H groups in total. The average molecular weight is 559 g/mol. The number of methoxy groups -OCH3 is 1. The smallest absolute Gasteiger partial charge is 0.264 e. The highest BCUT2D eigenvalue weighted by Gasteiger charge is 2.24. The summed E-state index contributed by atoms with van der Waals surface area (Å²) in [5.41, 5.74) is 3.75. The lowest BCUT2D eigenvalue weighted by Gasteiger charge is -2.11. The van der Waals surface area contributed by atoms with Gasteiger partial charge in [0.1, 0.15) is 23.8 Å². The SMILES string of the molecule is COc1ccc(C)cc1N=C1NC(=O)/C(=C/c2ccc(OCc3cccc4ccccc34)c(Br)c2)S1. The van der Waals surface area contributed by atoms with Gasteiger partial charge in [0.05, 0.1) is 16.5 Å². The molecule has 1 fully saturated rings. The molecule has 7 heteroatoms. The van der Waals surface area contributed by atoms with Crippen LogP contribution in [-0.4, -0.2) is 18.2 Å². The minimum absolute atomic E-state index is 0.183. The number of hydrogen-bond donors (Lipinski definition) is 1. The zero-order valence-electron chi connectivity index (χ0n) is 19.7. The predicted molar refractivity (Wildman–Crippen MR) is 151 cm³/mol. The number of aliphatic imine (C=N–C) groups is 1. The van der Waals surface area contributed by atoms with Gasteiger partial charge in [0.25, 0.3) is 5.91 Å². The van der Waals surface area contributed by atoms with E-state index in [2.05, 4.69) is 50.5 Å². The fourth-order valence-electron chi connectivity index (χ4n) is 3.93. The molecule has 1 heterocycles. The lowest BCUT2D eigenvalue weighted by molar-refractivity contribution is -0.115. The number of amides is 1. The molecule has 5 rings (SSSR count). The normalized spacial score (nSPS) is 15.5. The van der Waals surface area contributed by atoms with E-state index in [0.29, 0.717) is 28.1 Å². The first-order chi connectivity index (χ1) is 17.5. The van der Waals surface area contributed by atoms with Crippen LogP contribution in [0.15, 0.2) is 93.2 Å². The molecule has 1 aliphatic heterocycles. The van der Waals surface area contributed by atoms with Crippen molar-refractivity contribution in [3.05, 3.63) is 105 Å². The largest absolute Gasteiger partial charge is 0.494 e. The van der Waals surface area contributed by atoms with Gasteiger partial charge in [-0.15, -0.1) is 0 Å². The van der Waals surface area contributed by atoms with E-state index in [-0.39, 0.29) is 5.91 Å². The molecular weight excluding hydrogens is 536 g/mol. The second-order valence-electron chi connectivity index (χ2n) is 8.27. The van der Waals surface area contributed by atoms with Crippen LogP contribution in [0, 0.1) is 6.92 Å². The van der Waals surface area contributed by atoms with Crippen LogP contribution in [0.1, 0.15) is 16.7 Å². The second kappa shape index (κ2) is 10.6. The maximum absolute atomic E-state index is 12.6. The number of aryl methyl sites for hydroxylation is 1. The van der Waals surface area contributed by atoms with Crippen LogP contribution < -0.4 is 14.8 Å². The Morgan fingerprint density at radius 1 is 1.00 bits per heavy atom. The maximum Gasteiger partial charge on any atom is 0.264 e. The van der Waals surface area contributed by atoms with Crippen LogP contribution in [0.2, 0.25) is 0 Å². The first-order valence-electron chi connectivity index (χ1n) is 11.3. The van der Waals surface area contributed by atoms with Gasteiger partial charge < -0.3 is 14.8 Å². The highest BCUT2D eigenvalue weighted by molar-refractivity contribution is 9.10. The van der Waals surface area contributed by atoms with Crippen molar-refractivity contribution in [2.75, 3.05) is 7.11 Å². The molecule has 0 aromatic heterocycles. The van der Waals surface area contributed by atoms with Gasteiger partial charge in [0.15, 0.2) is 5.17 Å². The van der Waals surface area contributed by atoms with E-state index in [4.69, 9.17) is 9.47 Å². The highest BCUT2D eigenvalue weighted by atomic mass is 79.9. The van der Waals surface area contributed by atoms with Crippen LogP contribution >= 0.6 is 27.7 Å². The number of fused-ring (bicyclic) bond motifs is 1. The molecule has 1 saturated heterocycles. The van der Waals surface area contributed by atoms with Gasteiger partial charge in [-0.05, 0) is 92.4 Å². The van der Waals surface area contributed by atoms with E-state index in [1.807, 2.05) is 67.6 Å².